The van der Waals surface area contributed by atoms with Crippen molar-refractivity contribution in [2.75, 3.05) is 0 Å². The molecule has 1 aliphatic carbocycles. The molecule has 3 nitrogen and oxygen atoms in total. The molecule has 3 aromatic carbocycles. The molecule has 7 heteroatoms. The molecule has 0 aliphatic heterocycles. The number of aromatic carboxylic acids is 1. The summed E-state index contributed by atoms with van der Waals surface area (Å²) in [5, 5.41) is 9.23. The fourth-order valence-electron chi connectivity index (χ4n) is 5.37. The fraction of sp³-hybridized carbons (Fsp3) is 0.500. The van der Waals surface area contributed by atoms with Crippen LogP contribution in [0, 0.1) is 74.5 Å². The van der Waals surface area contributed by atoms with E-state index >= 15 is 0 Å². The van der Waals surface area contributed by atoms with Crippen molar-refractivity contribution in [1.82, 2.24) is 0 Å². The molecule has 0 radical (unpaired) electrons. The zero-order chi connectivity index (χ0) is 36.1. The molecular weight excluding hydrogens is 862 g/mol. The maximum absolute atomic E-state index is 13.0. The molecule has 49 heavy (non-hydrogen) atoms. The van der Waals surface area contributed by atoms with Gasteiger partial charge in [-0.25, -0.2) is 9.18 Å². The van der Waals surface area contributed by atoms with Crippen molar-refractivity contribution in [3.63, 3.8) is 0 Å². The standard InChI is InChI=1S/C13H18F.C13H17NO2.C9H18.C7H5ClF.U/c1-3-6-11(7-4-2)12-8-5-9-13(14)10-12;1-4-5-10(3)14-12-7-6-11(13(15)16)8-9(12)2;1-3-8(2)7-9-5-4-6-9;1-5-2-3-6(8)4-7(5)9;/h5,8-9,11H,3-4,6-7H2,1-2H3;6-8H,4-5H2,1-3H3,(H,15,16);8-9H,3-7H2,1-2H3;2-4H,1H2;/q-1;;;-1;+2. The molecule has 0 saturated heterocycles. The van der Waals surface area contributed by atoms with Crippen LogP contribution in [0.15, 0.2) is 59.6 Å². The molecule has 0 bridgehead atoms. The Balaban J connectivity index is 0.000000641. The summed E-state index contributed by atoms with van der Waals surface area (Å²) in [6.45, 7) is 18.4. The summed E-state index contributed by atoms with van der Waals surface area (Å²) in [5.41, 5.74) is 4.55. The Hall–Kier alpha value is -2.13. The molecule has 3 aromatic rings. The van der Waals surface area contributed by atoms with Gasteiger partial charge in [0.15, 0.2) is 0 Å². The van der Waals surface area contributed by atoms with Gasteiger partial charge < -0.3 is 5.11 Å². The Kier molecular flexibility index (Phi) is 25.5. The largest absolute Gasteiger partial charge is 2.00 e. The van der Waals surface area contributed by atoms with E-state index in [1.54, 1.807) is 30.3 Å². The second kappa shape index (κ2) is 26.6. The summed E-state index contributed by atoms with van der Waals surface area (Å²) in [6, 6.07) is 17.4. The minimum absolute atomic E-state index is 0. The summed E-state index contributed by atoms with van der Waals surface area (Å²) >= 11 is 5.45. The molecule has 0 aromatic heterocycles. The van der Waals surface area contributed by atoms with Gasteiger partial charge in [0.1, 0.15) is 0 Å². The maximum Gasteiger partial charge on any atom is 2.00 e. The van der Waals surface area contributed by atoms with Gasteiger partial charge >= 0.3 is 37.1 Å². The van der Waals surface area contributed by atoms with Crippen molar-refractivity contribution >= 4 is 29.0 Å². The summed E-state index contributed by atoms with van der Waals surface area (Å²) in [4.78, 5) is 15.2. The summed E-state index contributed by atoms with van der Waals surface area (Å²) < 4.78 is 25.4. The summed E-state index contributed by atoms with van der Waals surface area (Å²) in [7, 11) is 0. The molecule has 0 amide bonds. The molecule has 1 aliphatic rings. The van der Waals surface area contributed by atoms with Gasteiger partial charge in [0.2, 0.25) is 0 Å². The number of hydrogen-bond acceptors (Lipinski definition) is 2. The maximum atomic E-state index is 13.0. The first-order valence-corrected chi connectivity index (χ1v) is 18.0. The number of nitrogens with zero attached hydrogens (tertiary/aromatic N) is 1. The van der Waals surface area contributed by atoms with E-state index in [0.717, 1.165) is 72.9 Å². The SMILES string of the molecule is CCC(C)CC1CCC1.CCCC(C)=Nc1ccc(C(=O)O)cc1C.CCCC(CCC)c1[c-]c(F)ccc1.[CH2-]c1ccc(Cl)cc1F.[U+2]. The third-order valence-electron chi connectivity index (χ3n) is 8.54. The van der Waals surface area contributed by atoms with Gasteiger partial charge in [0, 0.05) is 22.4 Å². The average molecular weight is 920 g/mol. The van der Waals surface area contributed by atoms with Crippen molar-refractivity contribution in [2.45, 2.75) is 125 Å². The molecule has 1 atom stereocenters. The molecule has 1 N–H and O–H groups in total. The molecule has 1 saturated carbocycles. The number of hydrogen-bond donors (Lipinski definition) is 1. The summed E-state index contributed by atoms with van der Waals surface area (Å²) in [6.07, 6.45) is 14.0. The van der Waals surface area contributed by atoms with Crippen LogP contribution in [0.1, 0.15) is 145 Å². The van der Waals surface area contributed by atoms with Crippen LogP contribution in [0.2, 0.25) is 5.02 Å². The third-order valence-corrected chi connectivity index (χ3v) is 8.77. The van der Waals surface area contributed by atoms with Crippen LogP contribution < -0.4 is 0 Å². The summed E-state index contributed by atoms with van der Waals surface area (Å²) in [5.74, 6) is 1.09. The Morgan fingerprint density at radius 1 is 1.02 bits per heavy atom. The fourth-order valence-corrected chi connectivity index (χ4v) is 5.53. The van der Waals surface area contributed by atoms with Crippen molar-refractivity contribution < 1.29 is 49.8 Å². The van der Waals surface area contributed by atoms with Gasteiger partial charge in [-0.1, -0.05) is 103 Å². The molecule has 268 valence electrons. The zero-order valence-corrected chi connectivity index (χ0v) is 35.8. The number of halogens is 3. The number of rotatable bonds is 12. The molecule has 4 rings (SSSR count). The number of carboxylic acid groups (broad SMARTS) is 1. The second-order valence-electron chi connectivity index (χ2n) is 12.9. The normalized spacial score (nSPS) is 12.9. The van der Waals surface area contributed by atoms with Crippen LogP contribution in [0.3, 0.4) is 0 Å². The van der Waals surface area contributed by atoms with Crippen LogP contribution in [0.25, 0.3) is 0 Å². The topological polar surface area (TPSA) is 49.7 Å². The van der Waals surface area contributed by atoms with E-state index < -0.39 is 5.97 Å². The van der Waals surface area contributed by atoms with Crippen molar-refractivity contribution in [3.05, 3.63) is 106 Å². The van der Waals surface area contributed by atoms with Gasteiger partial charge in [-0.05, 0) is 81.0 Å². The molecular formula is C42H58ClF2NO2U. The van der Waals surface area contributed by atoms with Crippen LogP contribution >= 0.6 is 11.6 Å². The van der Waals surface area contributed by atoms with Crippen molar-refractivity contribution in [2.24, 2.45) is 16.8 Å². The predicted octanol–water partition coefficient (Wildman–Crippen LogP) is 13.8. The van der Waals surface area contributed by atoms with Crippen LogP contribution in [0.5, 0.6) is 0 Å². The minimum Gasteiger partial charge on any atom is -0.478 e. The van der Waals surface area contributed by atoms with Crippen LogP contribution in [-0.4, -0.2) is 16.8 Å². The first-order valence-electron chi connectivity index (χ1n) is 17.7. The van der Waals surface area contributed by atoms with Crippen LogP contribution in [-0.2, 0) is 0 Å². The van der Waals surface area contributed by atoms with E-state index in [2.05, 4.69) is 52.6 Å². The first-order chi connectivity index (χ1) is 22.8. The number of aryl methyl sites for hydroxylation is 1. The zero-order valence-electron chi connectivity index (χ0n) is 30.9. The van der Waals surface area contributed by atoms with Crippen LogP contribution in [0.4, 0.5) is 14.5 Å². The Morgan fingerprint density at radius 2 is 1.67 bits per heavy atom. The monoisotopic (exact) mass is 919 g/mol. The third kappa shape index (κ3) is 19.7. The van der Waals surface area contributed by atoms with E-state index in [4.69, 9.17) is 16.7 Å². The number of carboxylic acids is 1. The quantitative estimate of drug-likeness (QED) is 0.145. The molecule has 1 fully saturated rings. The second-order valence-corrected chi connectivity index (χ2v) is 13.4. The van der Waals surface area contributed by atoms with Crippen molar-refractivity contribution in [1.29, 1.82) is 0 Å². The van der Waals surface area contributed by atoms with Gasteiger partial charge in [-0.15, -0.1) is 12.1 Å². The molecule has 1 unspecified atom stereocenters. The molecule has 0 heterocycles. The molecule has 0 spiro atoms. The smallest absolute Gasteiger partial charge is 0.478 e. The predicted molar refractivity (Wildman–Crippen MR) is 201 cm³/mol. The first kappa shape index (κ1) is 46.9. The van der Waals surface area contributed by atoms with E-state index in [1.807, 2.05) is 19.9 Å². The Morgan fingerprint density at radius 3 is 2.12 bits per heavy atom. The number of aliphatic imine (C=N–C) groups is 1. The minimum atomic E-state index is -0.899. The average Bonchev–Trinajstić information content (AvgIpc) is 3.02. The van der Waals surface area contributed by atoms with Crippen molar-refractivity contribution in [3.8, 4) is 0 Å². The Labute approximate surface area is 325 Å². The van der Waals surface area contributed by atoms with Gasteiger partial charge in [-0.3, -0.25) is 9.38 Å². The van der Waals surface area contributed by atoms with Gasteiger partial charge in [0.05, 0.1) is 11.3 Å². The Bertz CT molecular complexity index is 1380. The number of carbonyl (C=O) groups is 1. The van der Waals surface area contributed by atoms with E-state index in [-0.39, 0.29) is 42.7 Å². The number of benzene rings is 3. The van der Waals surface area contributed by atoms with E-state index in [0.29, 0.717) is 22.1 Å². The van der Waals surface area contributed by atoms with E-state index in [1.165, 1.54) is 50.3 Å². The van der Waals surface area contributed by atoms with Gasteiger partial charge in [-0.2, -0.15) is 36.2 Å². The van der Waals surface area contributed by atoms with E-state index in [9.17, 15) is 13.6 Å². The van der Waals surface area contributed by atoms with Gasteiger partial charge in [0.25, 0.3) is 0 Å².